The van der Waals surface area contributed by atoms with E-state index in [-0.39, 0.29) is 0 Å². The number of hydrogen-bond acceptors (Lipinski definition) is 3. The fraction of sp³-hybridized carbons (Fsp3) is 0.182. The Hall–Kier alpha value is -2.85. The van der Waals surface area contributed by atoms with Crippen molar-refractivity contribution >= 4 is 28.5 Å². The first-order chi connectivity index (χ1) is 13.3. The van der Waals surface area contributed by atoms with Crippen LogP contribution in [0.1, 0.15) is 12.8 Å². The summed E-state index contributed by atoms with van der Waals surface area (Å²) < 4.78 is 2.12. The van der Waals surface area contributed by atoms with E-state index in [9.17, 15) is 0 Å². The van der Waals surface area contributed by atoms with Crippen molar-refractivity contribution in [3.05, 3.63) is 72.1 Å². The fourth-order valence-corrected chi connectivity index (χ4v) is 4.06. The molecule has 0 spiro atoms. The molecule has 27 heavy (non-hydrogen) atoms. The smallest absolute Gasteiger partial charge is 0.150 e. The second kappa shape index (κ2) is 6.71. The molecule has 0 bridgehead atoms. The van der Waals surface area contributed by atoms with Gasteiger partial charge in [0.2, 0.25) is 0 Å². The summed E-state index contributed by atoms with van der Waals surface area (Å²) in [6, 6.07) is 18.3. The van der Waals surface area contributed by atoms with E-state index in [1.54, 1.807) is 6.33 Å². The van der Waals surface area contributed by atoms with Crippen molar-refractivity contribution in [3.63, 3.8) is 0 Å². The van der Waals surface area contributed by atoms with E-state index < -0.39 is 0 Å². The van der Waals surface area contributed by atoms with Crippen molar-refractivity contribution in [2.45, 2.75) is 12.8 Å². The lowest BCUT2D eigenvalue weighted by Gasteiger charge is -2.17. The van der Waals surface area contributed by atoms with Crippen molar-refractivity contribution in [1.29, 1.82) is 0 Å². The molecule has 1 fully saturated rings. The SMILES string of the molecule is Clc1cccc(-n2cc(-c3ccccc3)c3c(N4CCCC4)ncnc32)c1. The van der Waals surface area contributed by atoms with Gasteiger partial charge in [0.25, 0.3) is 0 Å². The molecule has 0 N–H and O–H groups in total. The Morgan fingerprint density at radius 1 is 0.889 bits per heavy atom. The van der Waals surface area contributed by atoms with E-state index in [1.807, 2.05) is 24.3 Å². The monoisotopic (exact) mass is 374 g/mol. The summed E-state index contributed by atoms with van der Waals surface area (Å²) in [6.07, 6.45) is 6.24. The van der Waals surface area contributed by atoms with Crippen molar-refractivity contribution in [1.82, 2.24) is 14.5 Å². The third kappa shape index (κ3) is 2.86. The van der Waals surface area contributed by atoms with Crippen LogP contribution in [0.3, 0.4) is 0 Å². The highest BCUT2D eigenvalue weighted by Gasteiger charge is 2.22. The first-order valence-corrected chi connectivity index (χ1v) is 9.61. The summed E-state index contributed by atoms with van der Waals surface area (Å²) in [5.41, 5.74) is 4.22. The lowest BCUT2D eigenvalue weighted by atomic mass is 10.1. The number of fused-ring (bicyclic) bond motifs is 1. The molecule has 4 nitrogen and oxygen atoms in total. The van der Waals surface area contributed by atoms with E-state index in [0.717, 1.165) is 41.2 Å². The Bertz CT molecular complexity index is 1100. The van der Waals surface area contributed by atoms with Gasteiger partial charge in [0.05, 0.1) is 5.39 Å². The minimum absolute atomic E-state index is 0.712. The maximum absolute atomic E-state index is 6.25. The molecule has 5 rings (SSSR count). The van der Waals surface area contributed by atoms with Gasteiger partial charge < -0.3 is 9.47 Å². The molecule has 5 heteroatoms. The molecule has 0 saturated carbocycles. The number of anilines is 1. The van der Waals surface area contributed by atoms with Crippen LogP contribution in [0, 0.1) is 0 Å². The van der Waals surface area contributed by atoms with Gasteiger partial charge in [-0.3, -0.25) is 0 Å². The van der Waals surface area contributed by atoms with Gasteiger partial charge in [-0.15, -0.1) is 0 Å². The van der Waals surface area contributed by atoms with Gasteiger partial charge in [-0.2, -0.15) is 0 Å². The Labute approximate surface area is 163 Å². The topological polar surface area (TPSA) is 34.0 Å². The molecule has 0 unspecified atom stereocenters. The van der Waals surface area contributed by atoms with Crippen LogP contribution in [-0.2, 0) is 0 Å². The molecule has 1 aliphatic rings. The molecule has 1 saturated heterocycles. The van der Waals surface area contributed by atoms with Crippen LogP contribution in [0.25, 0.3) is 27.8 Å². The van der Waals surface area contributed by atoms with E-state index >= 15 is 0 Å². The molecule has 2 aromatic carbocycles. The van der Waals surface area contributed by atoms with Crippen LogP contribution in [0.5, 0.6) is 0 Å². The van der Waals surface area contributed by atoms with Gasteiger partial charge >= 0.3 is 0 Å². The Balaban J connectivity index is 1.81. The van der Waals surface area contributed by atoms with Crippen LogP contribution < -0.4 is 4.90 Å². The molecule has 134 valence electrons. The first kappa shape index (κ1) is 16.3. The average Bonchev–Trinajstić information content (AvgIpc) is 3.37. The average molecular weight is 375 g/mol. The second-order valence-electron chi connectivity index (χ2n) is 6.85. The molecule has 0 atom stereocenters. The summed E-state index contributed by atoms with van der Waals surface area (Å²) in [5.74, 6) is 1.03. The minimum atomic E-state index is 0.712. The third-order valence-corrected chi connectivity index (χ3v) is 5.37. The summed E-state index contributed by atoms with van der Waals surface area (Å²) in [7, 11) is 0. The highest BCUT2D eigenvalue weighted by molar-refractivity contribution is 6.30. The summed E-state index contributed by atoms with van der Waals surface area (Å²) >= 11 is 6.25. The minimum Gasteiger partial charge on any atom is -0.356 e. The number of halogens is 1. The van der Waals surface area contributed by atoms with Gasteiger partial charge in [-0.1, -0.05) is 48.0 Å². The Morgan fingerprint density at radius 2 is 1.70 bits per heavy atom. The predicted molar refractivity (Wildman–Crippen MR) is 111 cm³/mol. The van der Waals surface area contributed by atoms with E-state index in [1.165, 1.54) is 18.4 Å². The number of rotatable bonds is 3. The van der Waals surface area contributed by atoms with Crippen molar-refractivity contribution in [2.75, 3.05) is 18.0 Å². The van der Waals surface area contributed by atoms with Crippen LogP contribution >= 0.6 is 11.6 Å². The molecular formula is C22H19ClN4. The number of benzene rings is 2. The molecule has 1 aliphatic heterocycles. The van der Waals surface area contributed by atoms with Crippen molar-refractivity contribution in [2.24, 2.45) is 0 Å². The van der Waals surface area contributed by atoms with Gasteiger partial charge in [0.1, 0.15) is 12.1 Å². The first-order valence-electron chi connectivity index (χ1n) is 9.23. The van der Waals surface area contributed by atoms with Crippen LogP contribution in [0.2, 0.25) is 5.02 Å². The molecule has 2 aromatic heterocycles. The summed E-state index contributed by atoms with van der Waals surface area (Å²) in [4.78, 5) is 11.7. The molecule has 3 heterocycles. The number of aromatic nitrogens is 3. The lowest BCUT2D eigenvalue weighted by Crippen LogP contribution is -2.19. The standard InChI is InChI=1S/C22H19ClN4/c23-17-9-6-10-18(13-17)27-14-19(16-7-2-1-3-8-16)20-21(24-15-25-22(20)27)26-11-4-5-12-26/h1-3,6-10,13-15H,4-5,11-12H2. The normalized spacial score (nSPS) is 14.2. The fourth-order valence-electron chi connectivity index (χ4n) is 3.87. The van der Waals surface area contributed by atoms with Crippen LogP contribution in [-0.4, -0.2) is 27.6 Å². The Kier molecular flexibility index (Phi) is 4.06. The van der Waals surface area contributed by atoms with Crippen LogP contribution in [0.4, 0.5) is 5.82 Å². The lowest BCUT2D eigenvalue weighted by molar-refractivity contribution is 0.937. The van der Waals surface area contributed by atoms with E-state index in [0.29, 0.717) is 5.02 Å². The molecule has 0 radical (unpaired) electrons. The zero-order valence-electron chi connectivity index (χ0n) is 14.8. The van der Waals surface area contributed by atoms with Crippen molar-refractivity contribution in [3.8, 4) is 16.8 Å². The second-order valence-corrected chi connectivity index (χ2v) is 7.29. The maximum Gasteiger partial charge on any atom is 0.150 e. The zero-order valence-corrected chi connectivity index (χ0v) is 15.6. The highest BCUT2D eigenvalue weighted by Crippen LogP contribution is 2.37. The predicted octanol–water partition coefficient (Wildman–Crippen LogP) is 5.34. The van der Waals surface area contributed by atoms with Gasteiger partial charge in [0, 0.05) is 35.6 Å². The van der Waals surface area contributed by atoms with Gasteiger partial charge in [0.15, 0.2) is 5.65 Å². The Morgan fingerprint density at radius 3 is 2.48 bits per heavy atom. The summed E-state index contributed by atoms with van der Waals surface area (Å²) in [5, 5.41) is 1.81. The van der Waals surface area contributed by atoms with E-state index in [4.69, 9.17) is 11.6 Å². The van der Waals surface area contributed by atoms with Gasteiger partial charge in [-0.25, -0.2) is 9.97 Å². The summed E-state index contributed by atoms with van der Waals surface area (Å²) in [6.45, 7) is 2.09. The molecule has 0 amide bonds. The molecule has 0 aliphatic carbocycles. The number of nitrogens with zero attached hydrogens (tertiary/aromatic N) is 4. The molecular weight excluding hydrogens is 356 g/mol. The van der Waals surface area contributed by atoms with E-state index in [2.05, 4.69) is 56.0 Å². The molecule has 4 aromatic rings. The highest BCUT2D eigenvalue weighted by atomic mass is 35.5. The van der Waals surface area contributed by atoms with Crippen molar-refractivity contribution < 1.29 is 0 Å². The largest absolute Gasteiger partial charge is 0.356 e. The van der Waals surface area contributed by atoms with Crippen LogP contribution in [0.15, 0.2) is 67.1 Å². The van der Waals surface area contributed by atoms with Gasteiger partial charge in [-0.05, 0) is 36.6 Å². The third-order valence-electron chi connectivity index (χ3n) is 5.14. The quantitative estimate of drug-likeness (QED) is 0.485. The zero-order chi connectivity index (χ0) is 18.2. The maximum atomic E-state index is 6.25. The number of hydrogen-bond donors (Lipinski definition) is 0.